The van der Waals surface area contributed by atoms with Crippen molar-refractivity contribution in [2.45, 2.75) is 0 Å². The molecule has 0 aliphatic carbocycles. The predicted molar refractivity (Wildman–Crippen MR) is 157 cm³/mol. The van der Waals surface area contributed by atoms with E-state index in [4.69, 9.17) is 0 Å². The smallest absolute Gasteiger partial charge is 0.0634 e. The Labute approximate surface area is 212 Å². The lowest BCUT2D eigenvalue weighted by Crippen LogP contribution is -1.94. The lowest BCUT2D eigenvalue weighted by Gasteiger charge is -2.11. The summed E-state index contributed by atoms with van der Waals surface area (Å²) < 4.78 is 5.17. The number of hydrogen-bond acceptors (Lipinski definition) is 1. The van der Waals surface area contributed by atoms with Gasteiger partial charge in [0, 0.05) is 42.0 Å². The maximum atomic E-state index is 2.46. The van der Waals surface area contributed by atoms with Gasteiger partial charge in [0.25, 0.3) is 0 Å². The Morgan fingerprint density at radius 2 is 1.14 bits per heavy atom. The van der Waals surface area contributed by atoms with Gasteiger partial charge >= 0.3 is 0 Å². The molecule has 36 heavy (non-hydrogen) atoms. The minimum atomic E-state index is 1.19. The van der Waals surface area contributed by atoms with Crippen LogP contribution in [-0.4, -0.2) is 4.57 Å². The van der Waals surface area contributed by atoms with Crippen LogP contribution in [0.5, 0.6) is 0 Å². The van der Waals surface area contributed by atoms with Crippen molar-refractivity contribution in [2.75, 3.05) is 0 Å². The molecule has 0 atom stereocenters. The summed E-state index contributed by atoms with van der Waals surface area (Å²) in [7, 11) is 0. The van der Waals surface area contributed by atoms with E-state index < -0.39 is 0 Å². The Hall–Kier alpha value is -4.40. The Morgan fingerprint density at radius 1 is 0.472 bits per heavy atom. The summed E-state index contributed by atoms with van der Waals surface area (Å²) in [4.78, 5) is 0. The average molecular weight is 476 g/mol. The maximum Gasteiger partial charge on any atom is 0.0634 e. The monoisotopic (exact) mass is 475 g/mol. The van der Waals surface area contributed by atoms with E-state index in [-0.39, 0.29) is 0 Å². The molecule has 8 aromatic rings. The summed E-state index contributed by atoms with van der Waals surface area (Å²) in [5.74, 6) is 0. The second kappa shape index (κ2) is 7.55. The van der Waals surface area contributed by atoms with Crippen LogP contribution in [0.15, 0.2) is 127 Å². The van der Waals surface area contributed by atoms with Crippen LogP contribution in [0.1, 0.15) is 0 Å². The highest BCUT2D eigenvalue weighted by molar-refractivity contribution is 7.27. The van der Waals surface area contributed by atoms with E-state index in [1.807, 2.05) is 11.3 Å². The zero-order valence-electron chi connectivity index (χ0n) is 19.5. The molecule has 8 rings (SSSR count). The van der Waals surface area contributed by atoms with E-state index in [1.165, 1.54) is 69.6 Å². The van der Waals surface area contributed by atoms with Gasteiger partial charge in [0.2, 0.25) is 0 Å². The van der Waals surface area contributed by atoms with Crippen LogP contribution in [0.3, 0.4) is 0 Å². The number of para-hydroxylation sites is 1. The predicted octanol–water partition coefficient (Wildman–Crippen LogP) is 9.97. The zero-order chi connectivity index (χ0) is 23.6. The first kappa shape index (κ1) is 19.9. The van der Waals surface area contributed by atoms with Gasteiger partial charge in [-0.15, -0.1) is 11.3 Å². The maximum absolute atomic E-state index is 2.46. The molecule has 2 aromatic heterocycles. The van der Waals surface area contributed by atoms with Crippen molar-refractivity contribution >= 4 is 64.1 Å². The fourth-order valence-electron chi connectivity index (χ4n) is 5.83. The number of rotatable bonds is 2. The molecule has 0 bridgehead atoms. The largest absolute Gasteiger partial charge is 0.309 e. The van der Waals surface area contributed by atoms with Crippen molar-refractivity contribution in [1.29, 1.82) is 0 Å². The van der Waals surface area contributed by atoms with Gasteiger partial charge in [-0.25, -0.2) is 0 Å². The summed E-state index contributed by atoms with van der Waals surface area (Å²) in [6.45, 7) is 0. The first-order valence-electron chi connectivity index (χ1n) is 12.3. The van der Waals surface area contributed by atoms with E-state index in [2.05, 4.69) is 132 Å². The molecular formula is C34H21NS. The van der Waals surface area contributed by atoms with Crippen LogP contribution in [0.2, 0.25) is 0 Å². The SMILES string of the molecule is c1ccc(-c2ccc3c(c2)c2c4sc5ccccc5c4c4ccccc4c2n3-c2ccccc2)cc1. The second-order valence-electron chi connectivity index (χ2n) is 9.34. The molecule has 2 heterocycles. The lowest BCUT2D eigenvalue weighted by atomic mass is 9.98. The summed E-state index contributed by atoms with van der Waals surface area (Å²) in [5.41, 5.74) is 6.21. The number of hydrogen-bond donors (Lipinski definition) is 0. The summed E-state index contributed by atoms with van der Waals surface area (Å²) in [6, 6.07) is 46.2. The minimum Gasteiger partial charge on any atom is -0.309 e. The van der Waals surface area contributed by atoms with Crippen molar-refractivity contribution in [2.24, 2.45) is 0 Å². The van der Waals surface area contributed by atoms with Gasteiger partial charge in [-0.3, -0.25) is 0 Å². The van der Waals surface area contributed by atoms with E-state index in [0.29, 0.717) is 0 Å². The molecule has 0 unspecified atom stereocenters. The van der Waals surface area contributed by atoms with Crippen LogP contribution in [-0.2, 0) is 0 Å². The molecule has 0 radical (unpaired) electrons. The first-order valence-corrected chi connectivity index (χ1v) is 13.1. The van der Waals surface area contributed by atoms with Crippen molar-refractivity contribution in [3.63, 3.8) is 0 Å². The molecule has 0 saturated heterocycles. The van der Waals surface area contributed by atoms with Gasteiger partial charge in [-0.05, 0) is 46.8 Å². The Balaban J connectivity index is 1.67. The Bertz CT molecular complexity index is 2080. The first-order chi connectivity index (χ1) is 17.9. The number of thiophene rings is 1. The van der Waals surface area contributed by atoms with E-state index in [9.17, 15) is 0 Å². The van der Waals surface area contributed by atoms with Gasteiger partial charge in [-0.2, -0.15) is 0 Å². The van der Waals surface area contributed by atoms with Gasteiger partial charge in [0.1, 0.15) is 0 Å². The standard InChI is InChI=1S/C34H21NS/c1-3-11-22(12-4-1)23-19-20-29-28(21-23)32-33(35(29)24-13-5-2-6-14-24)26-16-8-7-15-25(26)31-27-17-9-10-18-30(27)36-34(31)32/h1-21H. The van der Waals surface area contributed by atoms with Crippen LogP contribution >= 0.6 is 11.3 Å². The fraction of sp³-hybridized carbons (Fsp3) is 0. The molecule has 0 fully saturated rings. The fourth-order valence-corrected chi connectivity index (χ4v) is 7.11. The molecule has 0 aliphatic rings. The lowest BCUT2D eigenvalue weighted by molar-refractivity contribution is 1.19. The zero-order valence-corrected chi connectivity index (χ0v) is 20.3. The summed E-state index contributed by atoms with van der Waals surface area (Å²) in [5, 5.41) is 7.98. The third kappa shape index (κ3) is 2.71. The van der Waals surface area contributed by atoms with E-state index in [0.717, 1.165) is 0 Å². The Morgan fingerprint density at radius 3 is 1.94 bits per heavy atom. The number of benzene rings is 6. The highest BCUT2D eigenvalue weighted by Gasteiger charge is 2.21. The van der Waals surface area contributed by atoms with Gasteiger partial charge in [0.05, 0.1) is 11.0 Å². The van der Waals surface area contributed by atoms with E-state index >= 15 is 0 Å². The van der Waals surface area contributed by atoms with Crippen molar-refractivity contribution in [3.8, 4) is 16.8 Å². The Kier molecular flexibility index (Phi) is 4.16. The van der Waals surface area contributed by atoms with Gasteiger partial charge < -0.3 is 4.57 Å². The third-order valence-corrected chi connectivity index (χ3v) is 8.55. The molecule has 2 heteroatoms. The van der Waals surface area contributed by atoms with Crippen molar-refractivity contribution < 1.29 is 0 Å². The number of nitrogens with zero attached hydrogens (tertiary/aromatic N) is 1. The molecule has 1 nitrogen and oxygen atoms in total. The molecule has 0 N–H and O–H groups in total. The van der Waals surface area contributed by atoms with E-state index in [1.54, 1.807) is 0 Å². The minimum absolute atomic E-state index is 1.19. The topological polar surface area (TPSA) is 4.93 Å². The normalized spacial score (nSPS) is 11.9. The van der Waals surface area contributed by atoms with Gasteiger partial charge in [0.15, 0.2) is 0 Å². The van der Waals surface area contributed by atoms with Crippen molar-refractivity contribution in [1.82, 2.24) is 4.57 Å². The third-order valence-electron chi connectivity index (χ3n) is 7.36. The number of fused-ring (bicyclic) bond motifs is 10. The molecule has 0 amide bonds. The molecule has 0 aliphatic heterocycles. The summed E-state index contributed by atoms with van der Waals surface area (Å²) >= 11 is 1.92. The second-order valence-corrected chi connectivity index (χ2v) is 10.4. The molecule has 6 aromatic carbocycles. The highest BCUT2D eigenvalue weighted by atomic mass is 32.1. The molecular weight excluding hydrogens is 454 g/mol. The highest BCUT2D eigenvalue weighted by Crippen LogP contribution is 2.48. The molecule has 0 spiro atoms. The van der Waals surface area contributed by atoms with Crippen LogP contribution in [0, 0.1) is 0 Å². The molecule has 168 valence electrons. The van der Waals surface area contributed by atoms with Crippen LogP contribution < -0.4 is 0 Å². The van der Waals surface area contributed by atoms with Gasteiger partial charge in [-0.1, -0.05) is 97.1 Å². The average Bonchev–Trinajstić information content (AvgIpc) is 3.50. The van der Waals surface area contributed by atoms with Crippen molar-refractivity contribution in [3.05, 3.63) is 127 Å². The van der Waals surface area contributed by atoms with Crippen LogP contribution in [0.25, 0.3) is 69.6 Å². The quantitative estimate of drug-likeness (QED) is 0.234. The summed E-state index contributed by atoms with van der Waals surface area (Å²) in [6.07, 6.45) is 0. The number of aromatic nitrogens is 1. The molecule has 0 saturated carbocycles. The van der Waals surface area contributed by atoms with Crippen LogP contribution in [0.4, 0.5) is 0 Å².